The largest absolute Gasteiger partial charge is 0.391 e. The number of nitrogens with zero attached hydrogens (tertiary/aromatic N) is 2. The molecule has 0 spiro atoms. The second kappa shape index (κ2) is 13.0. The number of hydrogen-bond acceptors (Lipinski definition) is 3. The van der Waals surface area contributed by atoms with Gasteiger partial charge in [-0.05, 0) is 90.8 Å². The molecule has 0 aliphatic carbocycles. The minimum absolute atomic E-state index is 0.0380. The number of amides is 2. The quantitative estimate of drug-likeness (QED) is 0.188. The van der Waals surface area contributed by atoms with Gasteiger partial charge in [-0.15, -0.1) is 0 Å². The molecule has 0 radical (unpaired) electrons. The van der Waals surface area contributed by atoms with E-state index in [1.807, 2.05) is 43.3 Å². The molecular formula is C40H43N3O3. The lowest BCUT2D eigenvalue weighted by Gasteiger charge is -2.18. The first-order chi connectivity index (χ1) is 22.1. The number of fused-ring (bicyclic) bond motifs is 1. The van der Waals surface area contributed by atoms with E-state index in [9.17, 15) is 14.7 Å². The molecule has 0 unspecified atom stereocenters. The van der Waals surface area contributed by atoms with Crippen LogP contribution in [0.5, 0.6) is 0 Å². The van der Waals surface area contributed by atoms with Crippen molar-refractivity contribution in [1.82, 2.24) is 14.8 Å². The average Bonchev–Trinajstić information content (AvgIpc) is 3.61. The van der Waals surface area contributed by atoms with Gasteiger partial charge in [0.15, 0.2) is 0 Å². The molecule has 4 aromatic carbocycles. The van der Waals surface area contributed by atoms with Gasteiger partial charge in [0.25, 0.3) is 11.8 Å². The van der Waals surface area contributed by atoms with Crippen molar-refractivity contribution < 1.29 is 14.7 Å². The van der Waals surface area contributed by atoms with E-state index in [2.05, 4.69) is 92.2 Å². The topological polar surface area (TPSA) is 74.6 Å². The Hall–Kier alpha value is -4.68. The smallest absolute Gasteiger partial charge is 0.254 e. The molecule has 2 atom stereocenters. The highest BCUT2D eigenvalue weighted by molar-refractivity contribution is 6.01. The number of hydrogen-bond donors (Lipinski definition) is 2. The van der Waals surface area contributed by atoms with E-state index >= 15 is 0 Å². The van der Waals surface area contributed by atoms with Crippen molar-refractivity contribution in [3.63, 3.8) is 0 Å². The summed E-state index contributed by atoms with van der Waals surface area (Å²) in [7, 11) is 0. The molecule has 46 heavy (non-hydrogen) atoms. The van der Waals surface area contributed by atoms with Gasteiger partial charge < -0.3 is 19.9 Å². The number of aromatic nitrogens is 1. The molecule has 1 fully saturated rings. The number of aliphatic hydroxyl groups excluding tert-OH is 1. The molecule has 1 saturated heterocycles. The lowest BCUT2D eigenvalue weighted by molar-refractivity contribution is 0.0765. The minimum Gasteiger partial charge on any atom is -0.391 e. The third kappa shape index (κ3) is 6.22. The molecule has 236 valence electrons. The Bertz CT molecular complexity index is 1900. The molecule has 2 amide bonds. The number of nitrogens with one attached hydrogen (secondary N) is 1. The normalized spacial score (nSPS) is 15.5. The summed E-state index contributed by atoms with van der Waals surface area (Å²) in [6.45, 7) is 12.3. The Balaban J connectivity index is 1.20. The van der Waals surface area contributed by atoms with Gasteiger partial charge in [0.1, 0.15) is 0 Å². The fourth-order valence-electron chi connectivity index (χ4n) is 6.54. The summed E-state index contributed by atoms with van der Waals surface area (Å²) >= 11 is 0. The van der Waals surface area contributed by atoms with Crippen LogP contribution in [0, 0.1) is 13.8 Å². The van der Waals surface area contributed by atoms with Crippen molar-refractivity contribution in [2.45, 2.75) is 65.6 Å². The van der Waals surface area contributed by atoms with E-state index in [0.29, 0.717) is 43.1 Å². The Morgan fingerprint density at radius 2 is 1.63 bits per heavy atom. The molecule has 0 saturated carbocycles. The number of carbonyl (C=O) groups excluding carboxylic acids is 2. The highest BCUT2D eigenvalue weighted by Crippen LogP contribution is 2.30. The van der Waals surface area contributed by atoms with Crippen molar-refractivity contribution >= 4 is 22.7 Å². The maximum atomic E-state index is 13.3. The summed E-state index contributed by atoms with van der Waals surface area (Å²) in [6.07, 6.45) is 0.175. The number of aryl methyl sites for hydroxylation is 1. The monoisotopic (exact) mass is 613 g/mol. The summed E-state index contributed by atoms with van der Waals surface area (Å²) in [5.41, 5.74) is 10.1. The van der Waals surface area contributed by atoms with Crippen LogP contribution in [0.15, 0.2) is 91.0 Å². The van der Waals surface area contributed by atoms with E-state index < -0.39 is 6.10 Å². The van der Waals surface area contributed by atoms with Gasteiger partial charge in [-0.1, -0.05) is 80.6 Å². The number of likely N-dealkylation sites (tertiary alicyclic amines) is 1. The summed E-state index contributed by atoms with van der Waals surface area (Å²) < 4.78 is 2.30. The molecule has 5 aromatic rings. The third-order valence-corrected chi connectivity index (χ3v) is 9.54. The van der Waals surface area contributed by atoms with Gasteiger partial charge in [0.05, 0.1) is 12.1 Å². The van der Waals surface area contributed by atoms with Gasteiger partial charge in [-0.3, -0.25) is 9.59 Å². The van der Waals surface area contributed by atoms with Crippen LogP contribution in [-0.2, 0) is 6.54 Å². The van der Waals surface area contributed by atoms with E-state index in [4.69, 9.17) is 0 Å². The summed E-state index contributed by atoms with van der Waals surface area (Å²) in [4.78, 5) is 28.3. The van der Waals surface area contributed by atoms with E-state index in [1.165, 1.54) is 16.8 Å². The fourth-order valence-corrected chi connectivity index (χ4v) is 6.54. The van der Waals surface area contributed by atoms with Gasteiger partial charge >= 0.3 is 0 Å². The fraction of sp³-hybridized carbons (Fsp3) is 0.300. The van der Waals surface area contributed by atoms with Crippen LogP contribution in [0.25, 0.3) is 22.0 Å². The van der Waals surface area contributed by atoms with Crippen LogP contribution in [-0.4, -0.2) is 45.6 Å². The highest BCUT2D eigenvalue weighted by Gasteiger charge is 2.27. The molecule has 0 bridgehead atoms. The minimum atomic E-state index is -0.447. The third-order valence-electron chi connectivity index (χ3n) is 9.54. The van der Waals surface area contributed by atoms with Crippen LogP contribution in [0.2, 0.25) is 0 Å². The van der Waals surface area contributed by atoms with Crippen LogP contribution in [0.4, 0.5) is 0 Å². The Morgan fingerprint density at radius 1 is 0.891 bits per heavy atom. The second-order valence-electron chi connectivity index (χ2n) is 13.0. The predicted octanol–water partition coefficient (Wildman–Crippen LogP) is 7.79. The predicted molar refractivity (Wildman–Crippen MR) is 185 cm³/mol. The molecule has 2 N–H and O–H groups in total. The van der Waals surface area contributed by atoms with E-state index in [1.54, 1.807) is 4.90 Å². The van der Waals surface area contributed by atoms with Crippen molar-refractivity contribution in [3.8, 4) is 11.1 Å². The zero-order chi connectivity index (χ0) is 32.5. The zero-order valence-corrected chi connectivity index (χ0v) is 27.4. The van der Waals surface area contributed by atoms with Gasteiger partial charge in [-0.25, -0.2) is 0 Å². The number of rotatable bonds is 8. The summed E-state index contributed by atoms with van der Waals surface area (Å²) in [5, 5.41) is 14.2. The lowest BCUT2D eigenvalue weighted by Crippen LogP contribution is -2.29. The first-order valence-electron chi connectivity index (χ1n) is 16.3. The standard InChI is InChI=1S/C40H43N3O3/c1-25(2)31-9-8-10-32(21-31)27(4)41-39(45)33-17-18-38-37(22-33)26(3)28(5)43(38)23-29-13-15-30(16-14-29)35-11-6-7-12-36(35)40(46)42-20-19-34(44)24-42/h6-18,21-22,25,27,34,44H,19-20,23-24H2,1-5H3,(H,41,45)/t27-,34-/m0/s1. The van der Waals surface area contributed by atoms with Crippen molar-refractivity contribution in [2.24, 2.45) is 0 Å². The Morgan fingerprint density at radius 3 is 2.35 bits per heavy atom. The number of aliphatic hydroxyl groups is 1. The van der Waals surface area contributed by atoms with Crippen LogP contribution in [0.1, 0.15) is 87.8 Å². The maximum Gasteiger partial charge on any atom is 0.254 e. The first kappa shape index (κ1) is 31.3. The molecule has 1 aliphatic rings. The summed E-state index contributed by atoms with van der Waals surface area (Å²) in [5.74, 6) is 0.315. The van der Waals surface area contributed by atoms with Crippen LogP contribution >= 0.6 is 0 Å². The average molecular weight is 614 g/mol. The molecule has 6 heteroatoms. The lowest BCUT2D eigenvalue weighted by atomic mass is 9.98. The van der Waals surface area contributed by atoms with Crippen molar-refractivity contribution in [1.29, 1.82) is 0 Å². The molecule has 6 nitrogen and oxygen atoms in total. The molecule has 6 rings (SSSR count). The molecule has 1 aromatic heterocycles. The maximum absolute atomic E-state index is 13.3. The van der Waals surface area contributed by atoms with Crippen LogP contribution < -0.4 is 5.32 Å². The second-order valence-corrected chi connectivity index (χ2v) is 13.0. The molecule has 2 heterocycles. The van der Waals surface area contributed by atoms with E-state index in [0.717, 1.165) is 33.2 Å². The Labute approximate surface area is 271 Å². The molecular weight excluding hydrogens is 570 g/mol. The first-order valence-corrected chi connectivity index (χ1v) is 16.3. The Kier molecular flexibility index (Phi) is 8.83. The highest BCUT2D eigenvalue weighted by atomic mass is 16.3. The van der Waals surface area contributed by atoms with Crippen LogP contribution in [0.3, 0.4) is 0 Å². The zero-order valence-electron chi connectivity index (χ0n) is 27.4. The van der Waals surface area contributed by atoms with Crippen molar-refractivity contribution in [2.75, 3.05) is 13.1 Å². The summed E-state index contributed by atoms with van der Waals surface area (Å²) in [6, 6.07) is 30.4. The van der Waals surface area contributed by atoms with Gasteiger partial charge in [0, 0.05) is 47.4 Å². The number of carbonyl (C=O) groups is 2. The number of benzene rings is 4. The van der Waals surface area contributed by atoms with Gasteiger partial charge in [-0.2, -0.15) is 0 Å². The van der Waals surface area contributed by atoms with Gasteiger partial charge in [0.2, 0.25) is 0 Å². The van der Waals surface area contributed by atoms with E-state index in [-0.39, 0.29) is 17.9 Å². The molecule has 1 aliphatic heterocycles. The number of β-amino-alcohol motifs (C(OH)–C–C–N with tert-alkyl or cyclic N) is 1. The van der Waals surface area contributed by atoms with Crippen molar-refractivity contribution in [3.05, 3.63) is 130 Å². The SMILES string of the molecule is Cc1c(C)n(Cc2ccc(-c3ccccc3C(=O)N3CC[C@H](O)C3)cc2)c2ccc(C(=O)N[C@@H](C)c3cccc(C(C)C)c3)cc12.